The zero-order valence-electron chi connectivity index (χ0n) is 11.9. The average Bonchev–Trinajstić information content (AvgIpc) is 2.42. The van der Waals surface area contributed by atoms with E-state index < -0.39 is 17.2 Å². The molecule has 0 fully saturated rings. The van der Waals surface area contributed by atoms with Crippen LogP contribution in [0.5, 0.6) is 11.5 Å². The van der Waals surface area contributed by atoms with Crippen molar-refractivity contribution in [3.63, 3.8) is 0 Å². The maximum atomic E-state index is 12.1. The molecule has 0 spiro atoms. The number of hydrogen-bond acceptors (Lipinski definition) is 4. The summed E-state index contributed by atoms with van der Waals surface area (Å²) in [5, 5.41) is 2.02. The van der Waals surface area contributed by atoms with Crippen molar-refractivity contribution in [1.29, 1.82) is 0 Å². The minimum atomic E-state index is -0.725. The van der Waals surface area contributed by atoms with Gasteiger partial charge in [0.25, 0.3) is 5.91 Å². The molecule has 0 aliphatic rings. The lowest BCUT2D eigenvalue weighted by atomic mass is 10.1. The quantitative estimate of drug-likeness (QED) is 0.818. The summed E-state index contributed by atoms with van der Waals surface area (Å²) in [7, 11) is 3.00. The highest BCUT2D eigenvalue weighted by Crippen LogP contribution is 2.27. The molecule has 6 heteroatoms. The van der Waals surface area contributed by atoms with Gasteiger partial charge in [-0.05, 0) is 35.7 Å². The summed E-state index contributed by atoms with van der Waals surface area (Å²) in [4.78, 5) is 23.4. The standard InChI is InChI=1S/C14H18ClNO4/c1-8(2)12(13(15)17)16-14(18)9-5-6-10(19-3)11(7-9)20-4/h5-8,12H,1-4H3,(H,16,18). The molecule has 0 aliphatic carbocycles. The van der Waals surface area contributed by atoms with E-state index in [1.54, 1.807) is 32.0 Å². The number of nitrogens with one attached hydrogen (secondary N) is 1. The molecule has 1 N–H and O–H groups in total. The average molecular weight is 300 g/mol. The van der Waals surface area contributed by atoms with Gasteiger partial charge in [-0.25, -0.2) is 0 Å². The number of ether oxygens (including phenoxy) is 2. The van der Waals surface area contributed by atoms with E-state index in [9.17, 15) is 9.59 Å². The summed E-state index contributed by atoms with van der Waals surface area (Å²) in [5.41, 5.74) is 0.367. The molecule has 0 aromatic heterocycles. The molecule has 0 bridgehead atoms. The van der Waals surface area contributed by atoms with E-state index in [-0.39, 0.29) is 5.92 Å². The van der Waals surface area contributed by atoms with Crippen LogP contribution in [0.15, 0.2) is 18.2 Å². The Morgan fingerprint density at radius 2 is 1.75 bits per heavy atom. The monoisotopic (exact) mass is 299 g/mol. The van der Waals surface area contributed by atoms with Crippen LogP contribution in [0.2, 0.25) is 0 Å². The van der Waals surface area contributed by atoms with Crippen LogP contribution in [0.25, 0.3) is 0 Å². The number of halogens is 1. The summed E-state index contributed by atoms with van der Waals surface area (Å²) in [5.74, 6) is 0.485. The maximum absolute atomic E-state index is 12.1. The van der Waals surface area contributed by atoms with Gasteiger partial charge in [-0.15, -0.1) is 0 Å². The normalized spacial score (nSPS) is 11.9. The van der Waals surface area contributed by atoms with Crippen LogP contribution in [-0.4, -0.2) is 31.4 Å². The van der Waals surface area contributed by atoms with E-state index in [0.29, 0.717) is 17.1 Å². The Balaban J connectivity index is 2.95. The van der Waals surface area contributed by atoms with E-state index in [2.05, 4.69) is 5.32 Å². The Bertz CT molecular complexity index is 502. The fourth-order valence-corrected chi connectivity index (χ4v) is 1.99. The number of carbonyl (C=O) groups is 2. The van der Waals surface area contributed by atoms with Gasteiger partial charge in [0.2, 0.25) is 5.24 Å². The molecule has 0 heterocycles. The minimum Gasteiger partial charge on any atom is -0.493 e. The van der Waals surface area contributed by atoms with Gasteiger partial charge >= 0.3 is 0 Å². The first-order valence-electron chi connectivity index (χ1n) is 6.13. The SMILES string of the molecule is COc1ccc(C(=O)NC(C(=O)Cl)C(C)C)cc1OC. The lowest BCUT2D eigenvalue weighted by molar-refractivity contribution is -0.114. The number of benzene rings is 1. The number of methoxy groups -OCH3 is 2. The van der Waals surface area contributed by atoms with E-state index in [4.69, 9.17) is 21.1 Å². The van der Waals surface area contributed by atoms with Gasteiger partial charge in [0.15, 0.2) is 11.5 Å². The molecule has 1 aromatic carbocycles. The van der Waals surface area contributed by atoms with E-state index >= 15 is 0 Å². The summed E-state index contributed by atoms with van der Waals surface area (Å²) in [6, 6.07) is 4.04. The predicted molar refractivity (Wildman–Crippen MR) is 76.5 cm³/mol. The first kappa shape index (κ1) is 16.3. The highest BCUT2D eigenvalue weighted by Gasteiger charge is 2.23. The zero-order valence-corrected chi connectivity index (χ0v) is 12.7. The van der Waals surface area contributed by atoms with Crippen molar-refractivity contribution in [2.45, 2.75) is 19.9 Å². The molecule has 1 unspecified atom stereocenters. The molecule has 0 saturated carbocycles. The van der Waals surface area contributed by atoms with Crippen molar-refractivity contribution in [3.8, 4) is 11.5 Å². The van der Waals surface area contributed by atoms with E-state index in [1.165, 1.54) is 14.2 Å². The van der Waals surface area contributed by atoms with Gasteiger partial charge in [-0.2, -0.15) is 0 Å². The summed E-state index contributed by atoms with van der Waals surface area (Å²) < 4.78 is 10.2. The third kappa shape index (κ3) is 3.87. The summed E-state index contributed by atoms with van der Waals surface area (Å²) in [6.45, 7) is 3.61. The Morgan fingerprint density at radius 3 is 2.20 bits per heavy atom. The number of rotatable bonds is 6. The Hall–Kier alpha value is -1.75. The number of amides is 1. The van der Waals surface area contributed by atoms with Crippen molar-refractivity contribution in [3.05, 3.63) is 23.8 Å². The fourth-order valence-electron chi connectivity index (χ4n) is 1.69. The van der Waals surface area contributed by atoms with Crippen molar-refractivity contribution in [2.75, 3.05) is 14.2 Å². The van der Waals surface area contributed by atoms with Crippen LogP contribution in [0, 0.1) is 5.92 Å². The Labute approximate surface area is 123 Å². The first-order valence-corrected chi connectivity index (χ1v) is 6.50. The fraction of sp³-hybridized carbons (Fsp3) is 0.429. The van der Waals surface area contributed by atoms with Gasteiger partial charge < -0.3 is 14.8 Å². The smallest absolute Gasteiger partial charge is 0.252 e. The second-order valence-corrected chi connectivity index (χ2v) is 4.94. The minimum absolute atomic E-state index is 0.0934. The molecule has 1 aromatic rings. The lowest BCUT2D eigenvalue weighted by Gasteiger charge is -2.18. The zero-order chi connectivity index (χ0) is 15.3. The molecule has 0 saturated heterocycles. The molecular formula is C14H18ClNO4. The van der Waals surface area contributed by atoms with Gasteiger partial charge in [0, 0.05) is 5.56 Å². The third-order valence-electron chi connectivity index (χ3n) is 2.84. The highest BCUT2D eigenvalue weighted by molar-refractivity contribution is 6.64. The van der Waals surface area contributed by atoms with Gasteiger partial charge in [-0.1, -0.05) is 13.8 Å². The molecule has 5 nitrogen and oxygen atoms in total. The Morgan fingerprint density at radius 1 is 1.15 bits per heavy atom. The van der Waals surface area contributed by atoms with Gasteiger partial charge in [0.1, 0.15) is 6.04 Å². The van der Waals surface area contributed by atoms with Crippen molar-refractivity contribution in [2.24, 2.45) is 5.92 Å². The van der Waals surface area contributed by atoms with Crippen LogP contribution in [-0.2, 0) is 4.79 Å². The first-order chi connectivity index (χ1) is 9.40. The molecule has 0 aliphatic heterocycles. The van der Waals surface area contributed by atoms with E-state index in [0.717, 1.165) is 0 Å². The van der Waals surface area contributed by atoms with E-state index in [1.807, 2.05) is 0 Å². The molecule has 20 heavy (non-hydrogen) atoms. The van der Waals surface area contributed by atoms with Crippen LogP contribution in [0.1, 0.15) is 24.2 Å². The molecular weight excluding hydrogens is 282 g/mol. The van der Waals surface area contributed by atoms with Crippen molar-refractivity contribution >= 4 is 22.8 Å². The molecule has 110 valence electrons. The third-order valence-corrected chi connectivity index (χ3v) is 3.08. The molecule has 1 amide bonds. The molecule has 0 radical (unpaired) electrons. The predicted octanol–water partition coefficient (Wildman–Crippen LogP) is 2.22. The number of hydrogen-bond donors (Lipinski definition) is 1. The maximum Gasteiger partial charge on any atom is 0.252 e. The lowest BCUT2D eigenvalue weighted by Crippen LogP contribution is -2.42. The van der Waals surface area contributed by atoms with Crippen LogP contribution in [0.4, 0.5) is 0 Å². The van der Waals surface area contributed by atoms with Crippen molar-refractivity contribution < 1.29 is 19.1 Å². The van der Waals surface area contributed by atoms with Gasteiger partial charge in [0.05, 0.1) is 14.2 Å². The summed E-state index contributed by atoms with van der Waals surface area (Å²) >= 11 is 5.48. The van der Waals surface area contributed by atoms with Crippen LogP contribution in [0.3, 0.4) is 0 Å². The topological polar surface area (TPSA) is 64.6 Å². The summed E-state index contributed by atoms with van der Waals surface area (Å²) in [6.07, 6.45) is 0. The highest BCUT2D eigenvalue weighted by atomic mass is 35.5. The van der Waals surface area contributed by atoms with Crippen LogP contribution >= 0.6 is 11.6 Å². The van der Waals surface area contributed by atoms with Crippen molar-refractivity contribution in [1.82, 2.24) is 5.32 Å². The van der Waals surface area contributed by atoms with Gasteiger partial charge in [-0.3, -0.25) is 9.59 Å². The molecule has 1 rings (SSSR count). The molecule has 1 atom stereocenters. The second kappa shape index (κ2) is 7.14. The number of carbonyl (C=O) groups excluding carboxylic acids is 2. The Kier molecular flexibility index (Phi) is 5.82. The largest absolute Gasteiger partial charge is 0.493 e. The second-order valence-electron chi connectivity index (χ2n) is 4.57. The van der Waals surface area contributed by atoms with Crippen LogP contribution < -0.4 is 14.8 Å².